The largest absolute Gasteiger partial charge is 0.444 e. The number of morpholine rings is 1. The fourth-order valence-electron chi connectivity index (χ4n) is 4.17. The van der Waals surface area contributed by atoms with E-state index in [0.29, 0.717) is 12.5 Å². The normalized spacial score (nSPS) is 19.8. The molecule has 0 bridgehead atoms. The predicted octanol–water partition coefficient (Wildman–Crippen LogP) is 3.51. The van der Waals surface area contributed by atoms with Crippen molar-refractivity contribution in [1.82, 2.24) is 19.6 Å². The van der Waals surface area contributed by atoms with Crippen molar-refractivity contribution in [3.63, 3.8) is 0 Å². The summed E-state index contributed by atoms with van der Waals surface area (Å²) in [5.74, 6) is 1.03. The molecular formula is C24H34N4O4. The molecule has 174 valence electrons. The SMILES string of the molecule is Cc1cccn2c(C(C)(C)NC(=O)[C@@H]3CN(C(=O)OC(C)(C)C)CCO3)nc(C3CC3)c12. The van der Waals surface area contributed by atoms with Crippen molar-refractivity contribution in [2.75, 3.05) is 19.7 Å². The standard InChI is InChI=1S/C24H34N4O4/c1-15-8-7-11-28-19(15)18(16-9-10-16)25-21(28)24(5,6)26-20(29)17-14-27(12-13-31-17)22(30)32-23(2,3)4/h7-8,11,16-17H,9-10,12-14H2,1-6H3,(H,26,29)/t17-/m0/s1. The number of ether oxygens (including phenoxy) is 2. The smallest absolute Gasteiger partial charge is 0.410 e. The predicted molar refractivity (Wildman–Crippen MR) is 121 cm³/mol. The molecule has 1 saturated heterocycles. The van der Waals surface area contributed by atoms with Crippen molar-refractivity contribution in [2.24, 2.45) is 0 Å². The molecule has 1 saturated carbocycles. The van der Waals surface area contributed by atoms with Gasteiger partial charge in [-0.2, -0.15) is 0 Å². The number of hydrogen-bond acceptors (Lipinski definition) is 5. The molecule has 2 fully saturated rings. The van der Waals surface area contributed by atoms with Gasteiger partial charge in [0.2, 0.25) is 0 Å². The Bertz CT molecular complexity index is 1030. The minimum Gasteiger partial charge on any atom is -0.444 e. The first kappa shape index (κ1) is 22.6. The summed E-state index contributed by atoms with van der Waals surface area (Å²) in [5, 5.41) is 3.11. The van der Waals surface area contributed by atoms with Crippen LogP contribution in [0.15, 0.2) is 18.3 Å². The maximum atomic E-state index is 13.1. The molecule has 8 heteroatoms. The van der Waals surface area contributed by atoms with Gasteiger partial charge in [-0.1, -0.05) is 6.07 Å². The van der Waals surface area contributed by atoms with Crippen molar-refractivity contribution in [3.05, 3.63) is 35.4 Å². The fourth-order valence-corrected chi connectivity index (χ4v) is 4.17. The number of nitrogens with one attached hydrogen (secondary N) is 1. The topological polar surface area (TPSA) is 85.2 Å². The van der Waals surface area contributed by atoms with Crippen LogP contribution in [0.4, 0.5) is 4.79 Å². The number of carbonyl (C=O) groups excluding carboxylic acids is 2. The van der Waals surface area contributed by atoms with Gasteiger partial charge in [0.05, 0.1) is 29.9 Å². The summed E-state index contributed by atoms with van der Waals surface area (Å²) >= 11 is 0. The number of pyridine rings is 1. The Morgan fingerprint density at radius 1 is 1.22 bits per heavy atom. The molecule has 32 heavy (non-hydrogen) atoms. The Hall–Kier alpha value is -2.61. The van der Waals surface area contributed by atoms with Crippen LogP contribution >= 0.6 is 0 Å². The van der Waals surface area contributed by atoms with Crippen molar-refractivity contribution in [1.29, 1.82) is 0 Å². The molecule has 2 aromatic rings. The molecule has 4 rings (SSSR count). The molecule has 0 spiro atoms. The first-order valence-corrected chi connectivity index (χ1v) is 11.4. The number of aromatic nitrogens is 2. The number of aryl methyl sites for hydroxylation is 1. The number of rotatable bonds is 4. The van der Waals surface area contributed by atoms with E-state index in [0.717, 1.165) is 29.9 Å². The molecule has 1 N–H and O–H groups in total. The highest BCUT2D eigenvalue weighted by atomic mass is 16.6. The summed E-state index contributed by atoms with van der Waals surface area (Å²) < 4.78 is 13.3. The number of amides is 2. The van der Waals surface area contributed by atoms with E-state index in [9.17, 15) is 9.59 Å². The average molecular weight is 443 g/mol. The van der Waals surface area contributed by atoms with Crippen molar-refractivity contribution in [2.45, 2.75) is 77.5 Å². The zero-order chi connectivity index (χ0) is 23.3. The molecule has 2 aromatic heterocycles. The minimum absolute atomic E-state index is 0.158. The summed E-state index contributed by atoms with van der Waals surface area (Å²) in [6.07, 6.45) is 3.13. The van der Waals surface area contributed by atoms with Crippen LogP contribution in [0.1, 0.15) is 70.5 Å². The lowest BCUT2D eigenvalue weighted by Gasteiger charge is -2.35. The van der Waals surface area contributed by atoms with Crippen LogP contribution in [-0.4, -0.2) is 57.7 Å². The molecule has 0 aromatic carbocycles. The van der Waals surface area contributed by atoms with Crippen molar-refractivity contribution >= 4 is 17.5 Å². The zero-order valence-electron chi connectivity index (χ0n) is 19.9. The van der Waals surface area contributed by atoms with E-state index < -0.39 is 23.3 Å². The van der Waals surface area contributed by atoms with Crippen molar-refractivity contribution < 1.29 is 19.1 Å². The van der Waals surface area contributed by atoms with Gasteiger partial charge in [-0.25, -0.2) is 9.78 Å². The van der Waals surface area contributed by atoms with Crippen LogP contribution in [0.2, 0.25) is 0 Å². The molecule has 0 unspecified atom stereocenters. The van der Waals surface area contributed by atoms with Gasteiger partial charge >= 0.3 is 6.09 Å². The highest BCUT2D eigenvalue weighted by Gasteiger charge is 2.38. The molecule has 8 nitrogen and oxygen atoms in total. The Kier molecular flexibility index (Phi) is 5.69. The van der Waals surface area contributed by atoms with Crippen LogP contribution in [-0.2, 0) is 19.8 Å². The van der Waals surface area contributed by atoms with Gasteiger partial charge in [-0.3, -0.25) is 4.79 Å². The molecule has 2 aliphatic rings. The average Bonchev–Trinajstić information content (AvgIpc) is 3.46. The Balaban J connectivity index is 1.52. The molecule has 2 amide bonds. The number of imidazole rings is 1. The van der Waals surface area contributed by atoms with E-state index in [1.54, 1.807) is 0 Å². The second kappa shape index (κ2) is 8.06. The summed E-state index contributed by atoms with van der Waals surface area (Å²) in [7, 11) is 0. The van der Waals surface area contributed by atoms with Crippen LogP contribution in [0.25, 0.3) is 5.52 Å². The van der Waals surface area contributed by atoms with Crippen LogP contribution in [0.5, 0.6) is 0 Å². The van der Waals surface area contributed by atoms with Gasteiger partial charge in [-0.05, 0) is 66.0 Å². The molecule has 0 radical (unpaired) electrons. The minimum atomic E-state index is -0.758. The summed E-state index contributed by atoms with van der Waals surface area (Å²) in [4.78, 5) is 32.1. The third-order valence-electron chi connectivity index (χ3n) is 5.86. The number of nitrogens with zero attached hydrogens (tertiary/aromatic N) is 3. The molecule has 1 atom stereocenters. The maximum absolute atomic E-state index is 13.1. The first-order chi connectivity index (χ1) is 15.0. The van der Waals surface area contributed by atoms with Gasteiger partial charge in [0.25, 0.3) is 5.91 Å². The van der Waals surface area contributed by atoms with Crippen LogP contribution < -0.4 is 5.32 Å². The molecular weight excluding hydrogens is 408 g/mol. The zero-order valence-corrected chi connectivity index (χ0v) is 19.9. The van der Waals surface area contributed by atoms with Gasteiger partial charge in [-0.15, -0.1) is 0 Å². The second-order valence-corrected chi connectivity index (χ2v) is 10.4. The van der Waals surface area contributed by atoms with Crippen LogP contribution in [0.3, 0.4) is 0 Å². The third kappa shape index (κ3) is 4.60. The fraction of sp³-hybridized carbons (Fsp3) is 0.625. The van der Waals surface area contributed by atoms with Gasteiger partial charge < -0.3 is 24.1 Å². The van der Waals surface area contributed by atoms with Crippen molar-refractivity contribution in [3.8, 4) is 0 Å². The summed E-state index contributed by atoms with van der Waals surface area (Å²) in [6, 6.07) is 4.10. The number of carbonyl (C=O) groups is 2. The molecule has 1 aliphatic heterocycles. The Morgan fingerprint density at radius 2 is 1.94 bits per heavy atom. The van der Waals surface area contributed by atoms with E-state index in [4.69, 9.17) is 14.5 Å². The maximum Gasteiger partial charge on any atom is 0.410 e. The second-order valence-electron chi connectivity index (χ2n) is 10.4. The highest BCUT2D eigenvalue weighted by Crippen LogP contribution is 2.43. The van der Waals surface area contributed by atoms with Gasteiger partial charge in [0.1, 0.15) is 11.4 Å². The van der Waals surface area contributed by atoms with Gasteiger partial charge in [0, 0.05) is 18.7 Å². The highest BCUT2D eigenvalue weighted by molar-refractivity contribution is 5.83. The lowest BCUT2D eigenvalue weighted by molar-refractivity contribution is -0.139. The third-order valence-corrected chi connectivity index (χ3v) is 5.86. The van der Waals surface area contributed by atoms with E-state index >= 15 is 0 Å². The van der Waals surface area contributed by atoms with Gasteiger partial charge in [0.15, 0.2) is 6.10 Å². The first-order valence-electron chi connectivity index (χ1n) is 11.4. The number of hydrogen-bond donors (Lipinski definition) is 1. The Labute approximate surface area is 189 Å². The lowest BCUT2D eigenvalue weighted by atomic mass is 10.0. The van der Waals surface area contributed by atoms with E-state index in [-0.39, 0.29) is 19.1 Å². The number of fused-ring (bicyclic) bond motifs is 1. The van der Waals surface area contributed by atoms with Crippen LogP contribution in [0, 0.1) is 6.92 Å². The van der Waals surface area contributed by atoms with E-state index in [2.05, 4.69) is 22.7 Å². The lowest BCUT2D eigenvalue weighted by Crippen LogP contribution is -2.55. The van der Waals surface area contributed by atoms with E-state index in [1.807, 2.05) is 46.9 Å². The monoisotopic (exact) mass is 442 g/mol. The molecule has 3 heterocycles. The van der Waals surface area contributed by atoms with E-state index in [1.165, 1.54) is 10.5 Å². The molecule has 1 aliphatic carbocycles. The summed E-state index contributed by atoms with van der Waals surface area (Å²) in [5.41, 5.74) is 2.12. The summed E-state index contributed by atoms with van der Waals surface area (Å²) in [6.45, 7) is 12.3. The quantitative estimate of drug-likeness (QED) is 0.783. The Morgan fingerprint density at radius 3 is 2.59 bits per heavy atom.